The smallest absolute Gasteiger partial charge is 0.0525 e. The fourth-order valence-corrected chi connectivity index (χ4v) is 4.65. The van der Waals surface area contributed by atoms with Crippen LogP contribution in [-0.4, -0.2) is 10.6 Å². The fourth-order valence-electron chi connectivity index (χ4n) is 4.65. The lowest BCUT2D eigenvalue weighted by Gasteiger charge is -2.25. The van der Waals surface area contributed by atoms with Crippen molar-refractivity contribution in [3.63, 3.8) is 0 Å². The van der Waals surface area contributed by atoms with Crippen molar-refractivity contribution in [1.82, 2.24) is 4.57 Å². The van der Waals surface area contributed by atoms with Crippen LogP contribution in [0.15, 0.2) is 35.6 Å². The predicted molar refractivity (Wildman–Crippen MR) is 92.5 cm³/mol. The van der Waals surface area contributed by atoms with Crippen molar-refractivity contribution in [2.75, 3.05) is 0 Å². The van der Waals surface area contributed by atoms with Gasteiger partial charge in [-0.3, -0.25) is 0 Å². The summed E-state index contributed by atoms with van der Waals surface area (Å²) in [7, 11) is 0. The van der Waals surface area contributed by atoms with Gasteiger partial charge in [0.2, 0.25) is 0 Å². The van der Waals surface area contributed by atoms with Gasteiger partial charge in [-0.15, -0.1) is 0 Å². The number of rotatable bonds is 3. The molecule has 1 atom stereocenters. The molecular formula is C19H22N4. The zero-order chi connectivity index (χ0) is 16.0. The van der Waals surface area contributed by atoms with Gasteiger partial charge in [0, 0.05) is 28.6 Å². The zero-order valence-electron chi connectivity index (χ0n) is 13.8. The molecule has 1 aromatic heterocycles. The van der Waals surface area contributed by atoms with Gasteiger partial charge in [0.25, 0.3) is 0 Å². The van der Waals surface area contributed by atoms with Crippen LogP contribution in [0.4, 0.5) is 0 Å². The van der Waals surface area contributed by atoms with Gasteiger partial charge in [0.15, 0.2) is 0 Å². The lowest BCUT2D eigenvalue weighted by atomic mass is 9.77. The molecule has 0 radical (unpaired) electrons. The van der Waals surface area contributed by atoms with Crippen molar-refractivity contribution < 1.29 is 0 Å². The number of fused-ring (bicyclic) bond motifs is 5. The minimum atomic E-state index is -0.0371. The quantitative estimate of drug-likeness (QED) is 0.418. The van der Waals surface area contributed by atoms with Crippen molar-refractivity contribution in [2.24, 2.45) is 5.11 Å². The topological polar surface area (TPSA) is 53.7 Å². The van der Waals surface area contributed by atoms with Crippen LogP contribution in [0.1, 0.15) is 49.3 Å². The molecule has 0 unspecified atom stereocenters. The van der Waals surface area contributed by atoms with E-state index in [1.807, 2.05) is 6.92 Å². The molecule has 0 saturated heterocycles. The standard InChI is InChI=1S/C19H22N4/c1-13-5-6-16-15(11-13)18-17(19(16)8-3-4-9-19)7-10-23(18)12-14(2)21-22-20/h5-7,10-11,14H,3-4,8-9,12H2,1-2H3/t14-/m0/s1. The third-order valence-corrected chi connectivity index (χ3v) is 5.59. The maximum absolute atomic E-state index is 8.67. The van der Waals surface area contributed by atoms with Gasteiger partial charge < -0.3 is 4.57 Å². The average molecular weight is 306 g/mol. The van der Waals surface area contributed by atoms with Crippen molar-refractivity contribution >= 4 is 0 Å². The van der Waals surface area contributed by atoms with Crippen LogP contribution in [0.2, 0.25) is 0 Å². The van der Waals surface area contributed by atoms with Crippen LogP contribution in [0, 0.1) is 6.92 Å². The summed E-state index contributed by atoms with van der Waals surface area (Å²) in [5.41, 5.74) is 15.9. The Labute approximate surface area is 136 Å². The van der Waals surface area contributed by atoms with Crippen LogP contribution in [0.25, 0.3) is 21.7 Å². The summed E-state index contributed by atoms with van der Waals surface area (Å²) in [5, 5.41) is 3.85. The second-order valence-electron chi connectivity index (χ2n) is 7.12. The van der Waals surface area contributed by atoms with E-state index in [0.717, 1.165) is 6.54 Å². The van der Waals surface area contributed by atoms with E-state index in [0.29, 0.717) is 0 Å². The number of hydrogen-bond acceptors (Lipinski definition) is 1. The molecule has 1 spiro atoms. The number of benzene rings is 1. The first kappa shape index (κ1) is 14.4. The maximum atomic E-state index is 8.67. The average Bonchev–Trinajstić information content (AvgIpc) is 3.19. The highest BCUT2D eigenvalue weighted by atomic mass is 15.2. The van der Waals surface area contributed by atoms with E-state index in [9.17, 15) is 0 Å². The molecule has 4 nitrogen and oxygen atoms in total. The molecule has 2 aliphatic rings. The predicted octanol–water partition coefficient (Wildman–Crippen LogP) is 5.34. The van der Waals surface area contributed by atoms with Crippen LogP contribution >= 0.6 is 0 Å². The highest BCUT2D eigenvalue weighted by Gasteiger charge is 2.46. The summed E-state index contributed by atoms with van der Waals surface area (Å²) in [5.74, 6) is 0. The summed E-state index contributed by atoms with van der Waals surface area (Å²) in [6.45, 7) is 4.88. The van der Waals surface area contributed by atoms with Gasteiger partial charge >= 0.3 is 0 Å². The molecule has 0 amide bonds. The maximum Gasteiger partial charge on any atom is 0.0525 e. The molecule has 118 valence electrons. The molecule has 2 aliphatic carbocycles. The Balaban J connectivity index is 1.88. The number of nitrogens with zero attached hydrogens (tertiary/aromatic N) is 4. The number of hydrogen-bond donors (Lipinski definition) is 0. The van der Waals surface area contributed by atoms with Crippen molar-refractivity contribution in [2.45, 2.75) is 57.5 Å². The van der Waals surface area contributed by atoms with Crippen LogP contribution < -0.4 is 0 Å². The Morgan fingerprint density at radius 2 is 2.04 bits per heavy atom. The second kappa shape index (κ2) is 5.17. The molecule has 2 aromatic rings. The van der Waals surface area contributed by atoms with Gasteiger partial charge in [-0.25, -0.2) is 0 Å². The van der Waals surface area contributed by atoms with E-state index in [4.69, 9.17) is 5.53 Å². The summed E-state index contributed by atoms with van der Waals surface area (Å²) in [6, 6.07) is 9.19. The first-order valence-electron chi connectivity index (χ1n) is 8.51. The molecule has 0 aliphatic heterocycles. The number of aromatic nitrogens is 1. The normalized spacial score (nSPS) is 18.5. The summed E-state index contributed by atoms with van der Waals surface area (Å²) >= 11 is 0. The van der Waals surface area contributed by atoms with E-state index >= 15 is 0 Å². The molecule has 1 heterocycles. The molecule has 4 rings (SSSR count). The van der Waals surface area contributed by atoms with Gasteiger partial charge in [-0.1, -0.05) is 42.6 Å². The molecular weight excluding hydrogens is 284 g/mol. The third-order valence-electron chi connectivity index (χ3n) is 5.59. The Bertz CT molecular complexity index is 805. The fraction of sp³-hybridized carbons (Fsp3) is 0.474. The largest absolute Gasteiger partial charge is 0.347 e. The molecule has 0 N–H and O–H groups in total. The highest BCUT2D eigenvalue weighted by Crippen LogP contribution is 2.57. The van der Waals surface area contributed by atoms with Crippen LogP contribution in [0.3, 0.4) is 0 Å². The Morgan fingerprint density at radius 3 is 2.78 bits per heavy atom. The summed E-state index contributed by atoms with van der Waals surface area (Å²) in [6.07, 6.45) is 7.32. The molecule has 1 aromatic carbocycles. The van der Waals surface area contributed by atoms with E-state index in [1.54, 1.807) is 0 Å². The van der Waals surface area contributed by atoms with E-state index < -0.39 is 0 Å². The first-order chi connectivity index (χ1) is 11.2. The SMILES string of the molecule is Cc1ccc2c(c1)-c1c(ccn1C[C@H](C)N=[N+]=[N-])C21CCCC1. The number of azide groups is 1. The minimum Gasteiger partial charge on any atom is -0.347 e. The van der Waals surface area contributed by atoms with Crippen molar-refractivity contribution in [3.8, 4) is 11.3 Å². The second-order valence-corrected chi connectivity index (χ2v) is 7.12. The minimum absolute atomic E-state index is 0.0371. The third kappa shape index (κ3) is 2.02. The molecule has 0 bridgehead atoms. The molecule has 1 fully saturated rings. The Hall–Kier alpha value is -2.19. The molecule has 4 heteroatoms. The zero-order valence-corrected chi connectivity index (χ0v) is 13.8. The lowest BCUT2D eigenvalue weighted by Crippen LogP contribution is -2.19. The molecule has 23 heavy (non-hydrogen) atoms. The van der Waals surface area contributed by atoms with E-state index in [-0.39, 0.29) is 11.5 Å². The van der Waals surface area contributed by atoms with Gasteiger partial charge in [-0.2, -0.15) is 0 Å². The van der Waals surface area contributed by atoms with Gasteiger partial charge in [0.05, 0.1) is 11.7 Å². The summed E-state index contributed by atoms with van der Waals surface area (Å²) < 4.78 is 2.29. The monoisotopic (exact) mass is 306 g/mol. The highest BCUT2D eigenvalue weighted by molar-refractivity contribution is 5.80. The van der Waals surface area contributed by atoms with E-state index in [2.05, 4.69) is 52.0 Å². The Morgan fingerprint density at radius 1 is 1.26 bits per heavy atom. The first-order valence-corrected chi connectivity index (χ1v) is 8.51. The van der Waals surface area contributed by atoms with Crippen LogP contribution in [0.5, 0.6) is 0 Å². The van der Waals surface area contributed by atoms with Crippen molar-refractivity contribution in [1.29, 1.82) is 0 Å². The Kier molecular flexibility index (Phi) is 3.24. The lowest BCUT2D eigenvalue weighted by molar-refractivity contribution is 0.549. The van der Waals surface area contributed by atoms with Crippen molar-refractivity contribution in [3.05, 3.63) is 57.6 Å². The van der Waals surface area contributed by atoms with Crippen LogP contribution in [-0.2, 0) is 12.0 Å². The molecule has 1 saturated carbocycles. The van der Waals surface area contributed by atoms with Gasteiger partial charge in [0.1, 0.15) is 0 Å². The van der Waals surface area contributed by atoms with E-state index in [1.165, 1.54) is 53.6 Å². The van der Waals surface area contributed by atoms with Gasteiger partial charge in [-0.05, 0) is 48.6 Å². The summed E-state index contributed by atoms with van der Waals surface area (Å²) in [4.78, 5) is 2.95. The number of aryl methyl sites for hydroxylation is 1.